The zero-order valence-corrected chi connectivity index (χ0v) is 40.3. The van der Waals surface area contributed by atoms with E-state index in [9.17, 15) is 33.6 Å². The number of rotatable bonds is 24. The number of carbonyl (C=O) groups excluding carboxylic acids is 7. The molecule has 6 atom stereocenters. The molecule has 6 N–H and O–H groups in total. The third-order valence-corrected chi connectivity index (χ3v) is 11.0. The summed E-state index contributed by atoms with van der Waals surface area (Å²) in [5.41, 5.74) is 1.61. The van der Waals surface area contributed by atoms with Crippen LogP contribution in [0.4, 0.5) is 4.79 Å². The molecule has 6 amide bonds. The van der Waals surface area contributed by atoms with Crippen LogP contribution < -0.4 is 31.9 Å². The van der Waals surface area contributed by atoms with E-state index in [1.807, 2.05) is 133 Å². The maximum atomic E-state index is 14.2. The van der Waals surface area contributed by atoms with Crippen molar-refractivity contribution in [3.8, 4) is 0 Å². The average molecular weight is 913 g/mol. The molecular weight excluding hydrogens is 841 g/mol. The molecule has 0 aromatic heterocycles. The molecule has 0 fully saturated rings. The SMILES string of the molecule is COC(=O)C[C@@H](NC(=O)[C@@H](Cc1ccccc1)NC(=O)C[C@@H](NC(=O)[C@@H](Cc1ccccc1)NC(=O)C[C@@H](NC(=O)[C@@H](Cc1ccccc1)NC(=O)OC(C)(C)C)C(C)C)C(C)C)C(C)C. The monoisotopic (exact) mass is 913 g/mol. The summed E-state index contributed by atoms with van der Waals surface area (Å²) < 4.78 is 10.3. The molecule has 0 bridgehead atoms. The topological polar surface area (TPSA) is 210 Å². The fraction of sp³-hybridized carbons (Fsp3) is 0.510. The zero-order chi connectivity index (χ0) is 49.0. The summed E-state index contributed by atoms with van der Waals surface area (Å²) >= 11 is 0. The fourth-order valence-corrected chi connectivity index (χ4v) is 7.01. The highest BCUT2D eigenvalue weighted by Crippen LogP contribution is 2.15. The summed E-state index contributed by atoms with van der Waals surface area (Å²) in [6, 6.07) is 22.6. The van der Waals surface area contributed by atoms with E-state index in [2.05, 4.69) is 31.9 Å². The van der Waals surface area contributed by atoms with Crippen molar-refractivity contribution in [3.63, 3.8) is 0 Å². The molecular formula is C51H72N6O9. The molecule has 15 heteroatoms. The molecule has 0 radical (unpaired) electrons. The Balaban J connectivity index is 1.79. The molecule has 3 rings (SSSR count). The van der Waals surface area contributed by atoms with Crippen molar-refractivity contribution < 1.29 is 43.0 Å². The Morgan fingerprint density at radius 2 is 0.758 bits per heavy atom. The van der Waals surface area contributed by atoms with Crippen LogP contribution in [0.3, 0.4) is 0 Å². The van der Waals surface area contributed by atoms with Crippen LogP contribution in [-0.2, 0) is 57.5 Å². The van der Waals surface area contributed by atoms with Crippen molar-refractivity contribution in [2.45, 2.75) is 143 Å². The van der Waals surface area contributed by atoms with E-state index in [4.69, 9.17) is 9.47 Å². The van der Waals surface area contributed by atoms with Crippen LogP contribution in [0.25, 0.3) is 0 Å². The smallest absolute Gasteiger partial charge is 0.408 e. The van der Waals surface area contributed by atoms with Crippen molar-refractivity contribution in [1.82, 2.24) is 31.9 Å². The van der Waals surface area contributed by atoms with Crippen LogP contribution in [0.15, 0.2) is 91.0 Å². The summed E-state index contributed by atoms with van der Waals surface area (Å²) in [6.07, 6.45) is -0.658. The first kappa shape index (κ1) is 54.1. The molecule has 0 aliphatic heterocycles. The minimum absolute atomic E-state index is 0.0383. The predicted octanol–water partition coefficient (Wildman–Crippen LogP) is 5.34. The van der Waals surface area contributed by atoms with Gasteiger partial charge in [0.05, 0.1) is 13.5 Å². The highest BCUT2D eigenvalue weighted by Gasteiger charge is 2.32. The van der Waals surface area contributed by atoms with Crippen molar-refractivity contribution in [2.75, 3.05) is 7.11 Å². The fourth-order valence-electron chi connectivity index (χ4n) is 7.01. The number of hydrogen-bond donors (Lipinski definition) is 6. The second-order valence-electron chi connectivity index (χ2n) is 18.8. The molecule has 0 heterocycles. The molecule has 3 aromatic carbocycles. The Bertz CT molecular complexity index is 2020. The lowest BCUT2D eigenvalue weighted by Crippen LogP contribution is -2.56. The minimum atomic E-state index is -1.06. The molecule has 15 nitrogen and oxygen atoms in total. The molecule has 0 spiro atoms. The lowest BCUT2D eigenvalue weighted by molar-refractivity contribution is -0.142. The normalized spacial score (nSPS) is 14.1. The van der Waals surface area contributed by atoms with Gasteiger partial charge >= 0.3 is 12.1 Å². The lowest BCUT2D eigenvalue weighted by atomic mass is 9.97. The lowest BCUT2D eigenvalue weighted by Gasteiger charge is -2.29. The van der Waals surface area contributed by atoms with Crippen LogP contribution in [0, 0.1) is 17.8 Å². The quantitative estimate of drug-likeness (QED) is 0.0640. The van der Waals surface area contributed by atoms with Gasteiger partial charge in [0, 0.05) is 50.2 Å². The predicted molar refractivity (Wildman–Crippen MR) is 254 cm³/mol. The Kier molecular flexibility index (Phi) is 21.8. The zero-order valence-electron chi connectivity index (χ0n) is 40.3. The summed E-state index contributed by atoms with van der Waals surface area (Å²) in [4.78, 5) is 94.6. The van der Waals surface area contributed by atoms with Gasteiger partial charge in [-0.05, 0) is 55.2 Å². The van der Waals surface area contributed by atoms with Gasteiger partial charge < -0.3 is 41.4 Å². The highest BCUT2D eigenvalue weighted by atomic mass is 16.6. The average Bonchev–Trinajstić information content (AvgIpc) is 3.25. The maximum Gasteiger partial charge on any atom is 0.408 e. The van der Waals surface area contributed by atoms with Crippen molar-refractivity contribution in [1.29, 1.82) is 0 Å². The molecule has 0 saturated carbocycles. The van der Waals surface area contributed by atoms with E-state index in [-0.39, 0.29) is 56.3 Å². The molecule has 0 saturated heterocycles. The summed E-state index contributed by atoms with van der Waals surface area (Å²) in [5.74, 6) is -3.50. The Morgan fingerprint density at radius 1 is 0.455 bits per heavy atom. The number of carbonyl (C=O) groups is 7. The summed E-state index contributed by atoms with van der Waals surface area (Å²) in [5, 5.41) is 17.3. The first-order valence-corrected chi connectivity index (χ1v) is 22.8. The van der Waals surface area contributed by atoms with Crippen LogP contribution >= 0.6 is 0 Å². The first-order valence-electron chi connectivity index (χ1n) is 22.8. The number of benzene rings is 3. The van der Waals surface area contributed by atoms with Crippen LogP contribution in [0.1, 0.15) is 98.3 Å². The van der Waals surface area contributed by atoms with Crippen LogP contribution in [0.5, 0.6) is 0 Å². The number of ether oxygens (including phenoxy) is 2. The van der Waals surface area contributed by atoms with Gasteiger partial charge in [0.25, 0.3) is 0 Å². The van der Waals surface area contributed by atoms with E-state index in [1.54, 1.807) is 20.8 Å². The number of amides is 6. The first-order chi connectivity index (χ1) is 31.1. The Labute approximate surface area is 390 Å². The number of esters is 1. The maximum absolute atomic E-state index is 14.2. The molecule has 3 aromatic rings. The standard InChI is InChI=1S/C51H72N6O9/c1-32(2)38(29-44(58)53-42(27-36-22-16-12-17-23-36)48(62)56-40(34(5)6)31-46(60)65-10)54-47(61)41(26-35-20-14-11-15-21-35)52-45(59)30-39(33(3)4)55-49(63)43(28-37-24-18-13-19-25-37)57-50(64)66-51(7,8)9/h11-25,32-34,38-43H,26-31H2,1-10H3,(H,52,59)(H,53,58)(H,54,61)(H,55,63)(H,56,62)(H,57,64)/t38-,39-,40-,41-,42-,43-/m1/s1. The van der Waals surface area contributed by atoms with Gasteiger partial charge in [-0.2, -0.15) is 0 Å². The largest absolute Gasteiger partial charge is 0.469 e. The Hall–Kier alpha value is -6.25. The van der Waals surface area contributed by atoms with Crippen molar-refractivity contribution in [3.05, 3.63) is 108 Å². The van der Waals surface area contributed by atoms with Gasteiger partial charge in [-0.25, -0.2) is 4.79 Å². The second kappa shape index (κ2) is 26.6. The molecule has 66 heavy (non-hydrogen) atoms. The Morgan fingerprint density at radius 3 is 1.05 bits per heavy atom. The number of hydrogen-bond acceptors (Lipinski definition) is 9. The van der Waals surface area contributed by atoms with Gasteiger partial charge in [0.15, 0.2) is 0 Å². The van der Waals surface area contributed by atoms with Crippen LogP contribution in [-0.4, -0.2) is 90.6 Å². The van der Waals surface area contributed by atoms with E-state index >= 15 is 0 Å². The van der Waals surface area contributed by atoms with Crippen molar-refractivity contribution in [2.24, 2.45) is 17.8 Å². The summed E-state index contributed by atoms with van der Waals surface area (Å²) in [6.45, 7) is 16.4. The minimum Gasteiger partial charge on any atom is -0.469 e. The molecule has 360 valence electrons. The van der Waals surface area contributed by atoms with E-state index in [0.717, 1.165) is 16.7 Å². The van der Waals surface area contributed by atoms with Gasteiger partial charge in [0.1, 0.15) is 23.7 Å². The van der Waals surface area contributed by atoms with Gasteiger partial charge in [-0.15, -0.1) is 0 Å². The number of alkyl carbamates (subject to hydrolysis) is 1. The van der Waals surface area contributed by atoms with E-state index in [1.165, 1.54) is 7.11 Å². The van der Waals surface area contributed by atoms with Crippen molar-refractivity contribution >= 4 is 41.6 Å². The second-order valence-corrected chi connectivity index (χ2v) is 18.8. The van der Waals surface area contributed by atoms with E-state index < -0.39 is 83.5 Å². The molecule has 0 aliphatic carbocycles. The van der Waals surface area contributed by atoms with Gasteiger partial charge in [-0.3, -0.25) is 28.8 Å². The molecule has 0 unspecified atom stereocenters. The third kappa shape index (κ3) is 19.9. The number of nitrogens with one attached hydrogen (secondary N) is 6. The van der Waals surface area contributed by atoms with E-state index in [0.29, 0.717) is 0 Å². The van der Waals surface area contributed by atoms with Gasteiger partial charge in [0.2, 0.25) is 29.5 Å². The highest BCUT2D eigenvalue weighted by molar-refractivity contribution is 5.91. The summed E-state index contributed by atoms with van der Waals surface area (Å²) in [7, 11) is 1.28. The van der Waals surface area contributed by atoms with Crippen LogP contribution in [0.2, 0.25) is 0 Å². The number of methoxy groups -OCH3 is 1. The molecule has 0 aliphatic rings. The third-order valence-electron chi connectivity index (χ3n) is 11.0. The van der Waals surface area contributed by atoms with Gasteiger partial charge in [-0.1, -0.05) is 133 Å².